The Bertz CT molecular complexity index is 816. The number of carbonyl (C=O) groups is 2. The Morgan fingerprint density at radius 2 is 1.50 bits per heavy atom. The van der Waals surface area contributed by atoms with Crippen molar-refractivity contribution in [1.82, 2.24) is 9.80 Å². The minimum Gasteiger partial charge on any atom is -0.340 e. The van der Waals surface area contributed by atoms with Gasteiger partial charge in [-0.25, -0.2) is 0 Å². The molecule has 1 aliphatic carbocycles. The summed E-state index contributed by atoms with van der Waals surface area (Å²) in [6, 6.07) is 19.8. The fourth-order valence-corrected chi connectivity index (χ4v) is 3.87. The molecule has 0 aromatic heterocycles. The van der Waals surface area contributed by atoms with Crippen LogP contribution in [0.4, 0.5) is 5.69 Å². The van der Waals surface area contributed by atoms with Crippen LogP contribution in [0.1, 0.15) is 12.0 Å². The van der Waals surface area contributed by atoms with Gasteiger partial charge in [0, 0.05) is 31.9 Å². The van der Waals surface area contributed by atoms with Gasteiger partial charge in [0.25, 0.3) is 0 Å². The lowest BCUT2D eigenvalue weighted by Crippen LogP contribution is -2.48. The molecule has 2 aromatic rings. The van der Waals surface area contributed by atoms with Crippen molar-refractivity contribution in [3.8, 4) is 0 Å². The maximum atomic E-state index is 13.3. The first kappa shape index (κ1) is 18.7. The fraction of sp³-hybridized carbons (Fsp3) is 0.391. The first-order chi connectivity index (χ1) is 13.6. The molecule has 0 bridgehead atoms. The first-order valence-electron chi connectivity index (χ1n) is 10.0. The molecule has 2 atom stereocenters. The zero-order valence-electron chi connectivity index (χ0n) is 16.3. The number of amides is 2. The summed E-state index contributed by atoms with van der Waals surface area (Å²) >= 11 is 0. The summed E-state index contributed by atoms with van der Waals surface area (Å²) in [5.74, 6) is -0.143. The standard InChI is InChI=1S/C23H27N3O2/c1-24-12-14-25(15-13-24)22(27)20-16-21(20)23(28)26(19-10-6-3-7-11-19)17-18-8-4-2-5-9-18/h2-11,20-21H,12-17H2,1H3. The van der Waals surface area contributed by atoms with Crippen molar-refractivity contribution >= 4 is 17.5 Å². The van der Waals surface area contributed by atoms with Crippen LogP contribution in [0.15, 0.2) is 60.7 Å². The molecular weight excluding hydrogens is 350 g/mol. The zero-order chi connectivity index (χ0) is 19.5. The third-order valence-electron chi connectivity index (χ3n) is 5.76. The number of hydrogen-bond donors (Lipinski definition) is 0. The van der Waals surface area contributed by atoms with Crippen LogP contribution in [0.5, 0.6) is 0 Å². The molecule has 1 saturated carbocycles. The SMILES string of the molecule is CN1CCN(C(=O)C2CC2C(=O)N(Cc2ccccc2)c2ccccc2)CC1. The molecule has 2 unspecified atom stereocenters. The number of benzene rings is 2. The van der Waals surface area contributed by atoms with E-state index in [0.717, 1.165) is 37.4 Å². The first-order valence-corrected chi connectivity index (χ1v) is 10.0. The molecule has 1 heterocycles. The Balaban J connectivity index is 1.46. The lowest BCUT2D eigenvalue weighted by molar-refractivity contribution is -0.135. The van der Waals surface area contributed by atoms with Gasteiger partial charge < -0.3 is 14.7 Å². The van der Waals surface area contributed by atoms with Gasteiger partial charge in [-0.1, -0.05) is 48.5 Å². The molecule has 0 radical (unpaired) electrons. The summed E-state index contributed by atoms with van der Waals surface area (Å²) in [6.07, 6.45) is 0.669. The number of para-hydroxylation sites is 1. The number of anilines is 1. The number of rotatable bonds is 5. The van der Waals surface area contributed by atoms with Crippen molar-refractivity contribution in [2.24, 2.45) is 11.8 Å². The molecule has 5 heteroatoms. The highest BCUT2D eigenvalue weighted by Crippen LogP contribution is 2.42. The van der Waals surface area contributed by atoms with Crippen molar-refractivity contribution in [3.05, 3.63) is 66.2 Å². The predicted molar refractivity (Wildman–Crippen MR) is 110 cm³/mol. The third-order valence-corrected chi connectivity index (χ3v) is 5.76. The quantitative estimate of drug-likeness (QED) is 0.805. The highest BCUT2D eigenvalue weighted by Gasteiger charge is 2.51. The monoisotopic (exact) mass is 377 g/mol. The van der Waals surface area contributed by atoms with Crippen LogP contribution in [0.25, 0.3) is 0 Å². The summed E-state index contributed by atoms with van der Waals surface area (Å²) in [6.45, 7) is 3.86. The second kappa shape index (κ2) is 8.15. The van der Waals surface area contributed by atoms with Gasteiger partial charge in [0.2, 0.25) is 11.8 Å². The highest BCUT2D eigenvalue weighted by atomic mass is 16.2. The normalized spacial score (nSPS) is 22.0. The van der Waals surface area contributed by atoms with Crippen LogP contribution in [-0.4, -0.2) is 54.8 Å². The molecule has 5 nitrogen and oxygen atoms in total. The minimum atomic E-state index is -0.198. The molecular formula is C23H27N3O2. The Morgan fingerprint density at radius 3 is 2.14 bits per heavy atom. The van der Waals surface area contributed by atoms with Crippen LogP contribution in [0.3, 0.4) is 0 Å². The summed E-state index contributed by atoms with van der Waals surface area (Å²) < 4.78 is 0. The summed E-state index contributed by atoms with van der Waals surface area (Å²) in [5.41, 5.74) is 1.97. The summed E-state index contributed by atoms with van der Waals surface area (Å²) in [4.78, 5) is 32.1. The molecule has 1 saturated heterocycles. The number of nitrogens with zero attached hydrogens (tertiary/aromatic N) is 3. The maximum Gasteiger partial charge on any atom is 0.231 e. The van der Waals surface area contributed by atoms with E-state index < -0.39 is 0 Å². The molecule has 4 rings (SSSR count). The van der Waals surface area contributed by atoms with E-state index in [2.05, 4.69) is 11.9 Å². The number of hydrogen-bond acceptors (Lipinski definition) is 3. The van der Waals surface area contributed by atoms with Crippen molar-refractivity contribution in [2.45, 2.75) is 13.0 Å². The maximum absolute atomic E-state index is 13.3. The van der Waals surface area contributed by atoms with Gasteiger partial charge in [-0.2, -0.15) is 0 Å². The molecule has 2 aliphatic rings. The van der Waals surface area contributed by atoms with E-state index in [1.807, 2.05) is 70.5 Å². The van der Waals surface area contributed by atoms with Gasteiger partial charge in [0.1, 0.15) is 0 Å². The van der Waals surface area contributed by atoms with E-state index in [4.69, 9.17) is 0 Å². The van der Waals surface area contributed by atoms with Gasteiger partial charge in [0.15, 0.2) is 0 Å². The third kappa shape index (κ3) is 4.09. The number of carbonyl (C=O) groups excluding carboxylic acids is 2. The topological polar surface area (TPSA) is 43.9 Å². The Hall–Kier alpha value is -2.66. The molecule has 146 valence electrons. The van der Waals surface area contributed by atoms with Crippen molar-refractivity contribution in [3.63, 3.8) is 0 Å². The molecule has 2 amide bonds. The van der Waals surface area contributed by atoms with E-state index in [-0.39, 0.29) is 23.7 Å². The molecule has 0 N–H and O–H groups in total. The van der Waals surface area contributed by atoms with Crippen LogP contribution < -0.4 is 4.90 Å². The van der Waals surface area contributed by atoms with E-state index in [1.54, 1.807) is 0 Å². The number of likely N-dealkylation sites (N-methyl/N-ethyl adjacent to an activating group) is 1. The number of piperazine rings is 1. The molecule has 2 aromatic carbocycles. The molecule has 1 aliphatic heterocycles. The highest BCUT2D eigenvalue weighted by molar-refractivity contribution is 6.01. The van der Waals surface area contributed by atoms with Crippen molar-refractivity contribution in [2.75, 3.05) is 38.1 Å². The van der Waals surface area contributed by atoms with Crippen LogP contribution in [-0.2, 0) is 16.1 Å². The Kier molecular flexibility index (Phi) is 5.44. The van der Waals surface area contributed by atoms with Gasteiger partial charge >= 0.3 is 0 Å². The predicted octanol–water partition coefficient (Wildman–Crippen LogP) is 2.63. The smallest absolute Gasteiger partial charge is 0.231 e. The van der Waals surface area contributed by atoms with E-state index in [0.29, 0.717) is 13.0 Å². The molecule has 2 fully saturated rings. The van der Waals surface area contributed by atoms with Gasteiger partial charge in [-0.05, 0) is 31.2 Å². The summed E-state index contributed by atoms with van der Waals surface area (Å²) in [7, 11) is 2.08. The van der Waals surface area contributed by atoms with E-state index in [1.165, 1.54) is 0 Å². The van der Waals surface area contributed by atoms with Gasteiger partial charge in [-0.3, -0.25) is 9.59 Å². The lowest BCUT2D eigenvalue weighted by Gasteiger charge is -2.32. The van der Waals surface area contributed by atoms with Crippen molar-refractivity contribution < 1.29 is 9.59 Å². The van der Waals surface area contributed by atoms with Gasteiger partial charge in [-0.15, -0.1) is 0 Å². The van der Waals surface area contributed by atoms with E-state index >= 15 is 0 Å². The van der Waals surface area contributed by atoms with Gasteiger partial charge in [0.05, 0.1) is 18.4 Å². The average Bonchev–Trinajstić information content (AvgIpc) is 3.54. The van der Waals surface area contributed by atoms with Crippen LogP contribution in [0, 0.1) is 11.8 Å². The zero-order valence-corrected chi connectivity index (χ0v) is 16.3. The Morgan fingerprint density at radius 1 is 0.893 bits per heavy atom. The van der Waals surface area contributed by atoms with Crippen LogP contribution in [0.2, 0.25) is 0 Å². The van der Waals surface area contributed by atoms with Crippen molar-refractivity contribution in [1.29, 1.82) is 0 Å². The summed E-state index contributed by atoms with van der Waals surface area (Å²) in [5, 5.41) is 0. The largest absolute Gasteiger partial charge is 0.340 e. The fourth-order valence-electron chi connectivity index (χ4n) is 3.87. The van der Waals surface area contributed by atoms with Crippen LogP contribution >= 0.6 is 0 Å². The second-order valence-electron chi connectivity index (χ2n) is 7.82. The van der Waals surface area contributed by atoms with E-state index in [9.17, 15) is 9.59 Å². The molecule has 28 heavy (non-hydrogen) atoms. The second-order valence-corrected chi connectivity index (χ2v) is 7.82. The average molecular weight is 377 g/mol. The minimum absolute atomic E-state index is 0.0579. The Labute approximate surface area is 166 Å². The lowest BCUT2D eigenvalue weighted by atomic mass is 10.1. The molecule has 0 spiro atoms.